The molecule has 1 aromatic carbocycles. The molecule has 1 unspecified atom stereocenters. The SMILES string of the molecule is CC(C(=O)NC1CCCCC1)N1CCN(c2ccccc2)CC1. The van der Waals surface area contributed by atoms with Crippen molar-refractivity contribution in [3.63, 3.8) is 0 Å². The number of para-hydroxylation sites is 1. The van der Waals surface area contributed by atoms with Gasteiger partial charge in [0.1, 0.15) is 0 Å². The number of nitrogens with one attached hydrogen (secondary N) is 1. The lowest BCUT2D eigenvalue weighted by Crippen LogP contribution is -2.55. The second-order valence-electron chi connectivity index (χ2n) is 6.88. The molecule has 1 aliphatic heterocycles. The second-order valence-corrected chi connectivity index (χ2v) is 6.88. The molecular formula is C19H29N3O. The Morgan fingerprint density at radius 2 is 1.70 bits per heavy atom. The molecule has 1 aliphatic carbocycles. The topological polar surface area (TPSA) is 35.6 Å². The summed E-state index contributed by atoms with van der Waals surface area (Å²) >= 11 is 0. The maximum Gasteiger partial charge on any atom is 0.237 e. The molecule has 4 nitrogen and oxygen atoms in total. The van der Waals surface area contributed by atoms with Gasteiger partial charge in [0, 0.05) is 37.9 Å². The van der Waals surface area contributed by atoms with Crippen LogP contribution in [0.15, 0.2) is 30.3 Å². The van der Waals surface area contributed by atoms with Crippen LogP contribution in [0.4, 0.5) is 5.69 Å². The van der Waals surface area contributed by atoms with E-state index in [4.69, 9.17) is 0 Å². The number of nitrogens with zero attached hydrogens (tertiary/aromatic N) is 2. The predicted molar refractivity (Wildman–Crippen MR) is 94.7 cm³/mol. The fourth-order valence-corrected chi connectivity index (χ4v) is 3.74. The number of benzene rings is 1. The lowest BCUT2D eigenvalue weighted by Gasteiger charge is -2.39. The zero-order valence-electron chi connectivity index (χ0n) is 14.2. The van der Waals surface area contributed by atoms with Gasteiger partial charge in [-0.15, -0.1) is 0 Å². The monoisotopic (exact) mass is 315 g/mol. The van der Waals surface area contributed by atoms with Gasteiger partial charge >= 0.3 is 0 Å². The maximum absolute atomic E-state index is 12.5. The number of piperazine rings is 1. The molecule has 1 amide bonds. The number of amides is 1. The quantitative estimate of drug-likeness (QED) is 0.928. The van der Waals surface area contributed by atoms with E-state index < -0.39 is 0 Å². The van der Waals surface area contributed by atoms with Gasteiger partial charge in [0.15, 0.2) is 0 Å². The Morgan fingerprint density at radius 3 is 2.35 bits per heavy atom. The molecule has 1 N–H and O–H groups in total. The summed E-state index contributed by atoms with van der Waals surface area (Å²) in [6, 6.07) is 10.9. The molecule has 1 aromatic rings. The van der Waals surface area contributed by atoms with E-state index in [0.29, 0.717) is 6.04 Å². The lowest BCUT2D eigenvalue weighted by atomic mass is 9.95. The van der Waals surface area contributed by atoms with Crippen LogP contribution < -0.4 is 10.2 Å². The average Bonchev–Trinajstić information content (AvgIpc) is 2.63. The fraction of sp³-hybridized carbons (Fsp3) is 0.632. The first-order valence-corrected chi connectivity index (χ1v) is 9.08. The third-order valence-corrected chi connectivity index (χ3v) is 5.31. The number of carbonyl (C=O) groups excluding carboxylic acids is 1. The summed E-state index contributed by atoms with van der Waals surface area (Å²) in [5, 5.41) is 3.26. The molecule has 2 fully saturated rings. The van der Waals surface area contributed by atoms with Crippen LogP contribution in [0.1, 0.15) is 39.0 Å². The van der Waals surface area contributed by atoms with E-state index in [-0.39, 0.29) is 11.9 Å². The average molecular weight is 315 g/mol. The number of rotatable bonds is 4. The van der Waals surface area contributed by atoms with Gasteiger partial charge in [-0.1, -0.05) is 37.5 Å². The van der Waals surface area contributed by atoms with Crippen molar-refractivity contribution in [2.24, 2.45) is 0 Å². The first-order chi connectivity index (χ1) is 11.2. The highest BCUT2D eigenvalue weighted by Crippen LogP contribution is 2.19. The zero-order chi connectivity index (χ0) is 16.1. The van der Waals surface area contributed by atoms with Crippen molar-refractivity contribution >= 4 is 11.6 Å². The Labute approximate surface area is 139 Å². The van der Waals surface area contributed by atoms with E-state index in [9.17, 15) is 4.79 Å². The molecule has 1 heterocycles. The Hall–Kier alpha value is -1.55. The molecule has 0 radical (unpaired) electrons. The molecule has 4 heteroatoms. The summed E-state index contributed by atoms with van der Waals surface area (Å²) in [4.78, 5) is 17.2. The van der Waals surface area contributed by atoms with Crippen LogP contribution in [0.5, 0.6) is 0 Å². The van der Waals surface area contributed by atoms with Gasteiger partial charge in [0.25, 0.3) is 0 Å². The molecule has 126 valence electrons. The Kier molecular flexibility index (Phi) is 5.55. The van der Waals surface area contributed by atoms with Crippen molar-refractivity contribution in [1.29, 1.82) is 0 Å². The van der Waals surface area contributed by atoms with Crippen LogP contribution in [-0.2, 0) is 4.79 Å². The van der Waals surface area contributed by atoms with E-state index in [2.05, 4.69) is 52.4 Å². The maximum atomic E-state index is 12.5. The van der Waals surface area contributed by atoms with Gasteiger partial charge in [0.05, 0.1) is 6.04 Å². The van der Waals surface area contributed by atoms with Crippen molar-refractivity contribution in [3.8, 4) is 0 Å². The molecule has 1 saturated heterocycles. The molecule has 3 rings (SSSR count). The van der Waals surface area contributed by atoms with Gasteiger partial charge in [-0.05, 0) is 31.9 Å². The summed E-state index contributed by atoms with van der Waals surface area (Å²) in [5.41, 5.74) is 1.28. The smallest absolute Gasteiger partial charge is 0.237 e. The number of hydrogen-bond donors (Lipinski definition) is 1. The van der Waals surface area contributed by atoms with Gasteiger partial charge in [-0.2, -0.15) is 0 Å². The molecule has 1 atom stereocenters. The largest absolute Gasteiger partial charge is 0.369 e. The van der Waals surface area contributed by atoms with Crippen LogP contribution in [0.25, 0.3) is 0 Å². The Balaban J connectivity index is 1.47. The zero-order valence-corrected chi connectivity index (χ0v) is 14.2. The van der Waals surface area contributed by atoms with Crippen LogP contribution >= 0.6 is 0 Å². The number of carbonyl (C=O) groups is 1. The lowest BCUT2D eigenvalue weighted by molar-refractivity contribution is -0.127. The van der Waals surface area contributed by atoms with Gasteiger partial charge in [-0.3, -0.25) is 9.69 Å². The van der Waals surface area contributed by atoms with Crippen molar-refractivity contribution in [3.05, 3.63) is 30.3 Å². The van der Waals surface area contributed by atoms with Gasteiger partial charge < -0.3 is 10.2 Å². The fourth-order valence-electron chi connectivity index (χ4n) is 3.74. The highest BCUT2D eigenvalue weighted by molar-refractivity contribution is 5.81. The first-order valence-electron chi connectivity index (χ1n) is 9.08. The summed E-state index contributed by atoms with van der Waals surface area (Å²) in [5.74, 6) is 0.213. The Bertz CT molecular complexity index is 491. The summed E-state index contributed by atoms with van der Waals surface area (Å²) in [6.45, 7) is 5.94. The predicted octanol–water partition coefficient (Wildman–Crippen LogP) is 2.65. The minimum atomic E-state index is -0.0187. The van der Waals surface area contributed by atoms with E-state index in [1.54, 1.807) is 0 Å². The summed E-state index contributed by atoms with van der Waals surface area (Å²) < 4.78 is 0. The minimum absolute atomic E-state index is 0.0187. The van der Waals surface area contributed by atoms with Crippen molar-refractivity contribution in [1.82, 2.24) is 10.2 Å². The summed E-state index contributed by atoms with van der Waals surface area (Å²) in [6.07, 6.45) is 6.15. The van der Waals surface area contributed by atoms with Crippen molar-refractivity contribution in [2.45, 2.75) is 51.1 Å². The van der Waals surface area contributed by atoms with Crippen LogP contribution in [0.3, 0.4) is 0 Å². The normalized spacial score (nSPS) is 21.9. The highest BCUT2D eigenvalue weighted by atomic mass is 16.2. The van der Waals surface area contributed by atoms with Crippen LogP contribution in [0, 0.1) is 0 Å². The molecular weight excluding hydrogens is 286 g/mol. The van der Waals surface area contributed by atoms with E-state index in [0.717, 1.165) is 39.0 Å². The molecule has 0 spiro atoms. The van der Waals surface area contributed by atoms with Gasteiger partial charge in [-0.25, -0.2) is 0 Å². The van der Waals surface area contributed by atoms with Crippen molar-refractivity contribution < 1.29 is 4.79 Å². The third-order valence-electron chi connectivity index (χ3n) is 5.31. The third kappa shape index (κ3) is 4.25. The number of hydrogen-bond acceptors (Lipinski definition) is 3. The van der Waals surface area contributed by atoms with E-state index in [1.165, 1.54) is 24.9 Å². The summed E-state index contributed by atoms with van der Waals surface area (Å²) in [7, 11) is 0. The molecule has 2 aliphatic rings. The van der Waals surface area contributed by atoms with Crippen molar-refractivity contribution in [2.75, 3.05) is 31.1 Å². The minimum Gasteiger partial charge on any atom is -0.369 e. The first kappa shape index (κ1) is 16.3. The highest BCUT2D eigenvalue weighted by Gasteiger charge is 2.27. The molecule has 23 heavy (non-hydrogen) atoms. The molecule has 0 bridgehead atoms. The van der Waals surface area contributed by atoms with E-state index in [1.807, 2.05) is 0 Å². The standard InChI is InChI=1S/C19H29N3O/c1-16(19(23)20-17-8-4-2-5-9-17)21-12-14-22(15-13-21)18-10-6-3-7-11-18/h3,6-7,10-11,16-17H,2,4-5,8-9,12-15H2,1H3,(H,20,23). The number of anilines is 1. The van der Waals surface area contributed by atoms with Gasteiger partial charge in [0.2, 0.25) is 5.91 Å². The van der Waals surface area contributed by atoms with E-state index >= 15 is 0 Å². The molecule has 0 aromatic heterocycles. The van der Waals surface area contributed by atoms with Crippen LogP contribution in [-0.4, -0.2) is 49.1 Å². The second kappa shape index (κ2) is 7.82. The molecule has 1 saturated carbocycles. The van der Waals surface area contributed by atoms with Crippen LogP contribution in [0.2, 0.25) is 0 Å². The Morgan fingerprint density at radius 1 is 1.04 bits per heavy atom.